The molecular weight excluding hydrogens is 549 g/mol. The van der Waals surface area contributed by atoms with Gasteiger partial charge < -0.3 is 19.7 Å². The highest BCUT2D eigenvalue weighted by atomic mass is 32.2. The third kappa shape index (κ3) is 6.97. The lowest BCUT2D eigenvalue weighted by molar-refractivity contribution is -0.139. The van der Waals surface area contributed by atoms with Crippen molar-refractivity contribution in [1.82, 2.24) is 10.2 Å². The molecule has 0 bridgehead atoms. The first kappa shape index (κ1) is 29.9. The fourth-order valence-corrected chi connectivity index (χ4v) is 5.83. The molecule has 1 heterocycles. The normalized spacial score (nSPS) is 13.3. The Morgan fingerprint density at radius 1 is 1.00 bits per heavy atom. The lowest BCUT2D eigenvalue weighted by atomic mass is 10.1. The summed E-state index contributed by atoms with van der Waals surface area (Å²) in [5.74, 6) is -0.824. The quantitative estimate of drug-likeness (QED) is 0.365. The summed E-state index contributed by atoms with van der Waals surface area (Å²) in [7, 11) is -4.34. The molecule has 0 unspecified atom stereocenters. The Bertz CT molecular complexity index is 1500. The highest BCUT2D eigenvalue weighted by Gasteiger charge is 2.33. The number of hydrogen-bond acceptors (Lipinski definition) is 6. The molecule has 0 saturated heterocycles. The molecule has 0 aromatic heterocycles. The van der Waals surface area contributed by atoms with Gasteiger partial charge in [-0.2, -0.15) is 0 Å². The van der Waals surface area contributed by atoms with Crippen molar-refractivity contribution < 1.29 is 31.9 Å². The van der Waals surface area contributed by atoms with Crippen LogP contribution in [0.5, 0.6) is 11.5 Å². The van der Waals surface area contributed by atoms with Crippen LogP contribution in [-0.2, 0) is 26.2 Å². The van der Waals surface area contributed by atoms with Gasteiger partial charge in [0.25, 0.3) is 10.0 Å². The van der Waals surface area contributed by atoms with Crippen LogP contribution in [0.3, 0.4) is 0 Å². The van der Waals surface area contributed by atoms with Crippen molar-refractivity contribution in [2.75, 3.05) is 30.6 Å². The Hall–Kier alpha value is -4.12. The zero-order chi connectivity index (χ0) is 29.6. The van der Waals surface area contributed by atoms with Crippen LogP contribution < -0.4 is 19.1 Å². The SMILES string of the molecule is CCCNC(=O)[C@@H](C)N(Cc1ccccc1C)C(=O)CN(c1ccc(F)cc1)S(=O)(=O)c1ccc2c(c1)OCCO2. The van der Waals surface area contributed by atoms with Crippen LogP contribution in [0.4, 0.5) is 10.1 Å². The van der Waals surface area contributed by atoms with E-state index >= 15 is 0 Å². The van der Waals surface area contributed by atoms with Gasteiger partial charge in [-0.15, -0.1) is 0 Å². The Kier molecular flexibility index (Phi) is 9.49. The first-order valence-electron chi connectivity index (χ1n) is 13.4. The predicted molar refractivity (Wildman–Crippen MR) is 153 cm³/mol. The van der Waals surface area contributed by atoms with Gasteiger partial charge in [-0.1, -0.05) is 31.2 Å². The highest BCUT2D eigenvalue weighted by molar-refractivity contribution is 7.92. The number of ether oxygens (including phenoxy) is 2. The van der Waals surface area contributed by atoms with E-state index in [1.54, 1.807) is 6.92 Å². The van der Waals surface area contributed by atoms with E-state index < -0.39 is 34.3 Å². The summed E-state index contributed by atoms with van der Waals surface area (Å²) in [6.07, 6.45) is 0.719. The van der Waals surface area contributed by atoms with Gasteiger partial charge in [-0.25, -0.2) is 12.8 Å². The van der Waals surface area contributed by atoms with Gasteiger partial charge >= 0.3 is 0 Å². The molecule has 0 aliphatic carbocycles. The first-order chi connectivity index (χ1) is 19.6. The highest BCUT2D eigenvalue weighted by Crippen LogP contribution is 2.34. The van der Waals surface area contributed by atoms with Crippen LogP contribution in [0.25, 0.3) is 0 Å². The van der Waals surface area contributed by atoms with E-state index in [2.05, 4.69) is 5.32 Å². The number of rotatable bonds is 11. The van der Waals surface area contributed by atoms with E-state index in [1.165, 1.54) is 35.2 Å². The number of hydrogen-bond donors (Lipinski definition) is 1. The summed E-state index contributed by atoms with van der Waals surface area (Å²) in [4.78, 5) is 28.2. The topological polar surface area (TPSA) is 105 Å². The van der Waals surface area contributed by atoms with Gasteiger partial charge in [-0.05, 0) is 67.8 Å². The number of carbonyl (C=O) groups is 2. The lowest BCUT2D eigenvalue weighted by Crippen LogP contribution is -2.51. The molecule has 1 atom stereocenters. The second-order valence-electron chi connectivity index (χ2n) is 9.71. The molecule has 0 fully saturated rings. The average Bonchev–Trinajstić information content (AvgIpc) is 2.98. The minimum Gasteiger partial charge on any atom is -0.486 e. The van der Waals surface area contributed by atoms with E-state index in [0.717, 1.165) is 34.0 Å². The number of halogens is 1. The third-order valence-electron chi connectivity index (χ3n) is 6.81. The van der Waals surface area contributed by atoms with Crippen molar-refractivity contribution in [3.63, 3.8) is 0 Å². The Labute approximate surface area is 239 Å². The Morgan fingerprint density at radius 3 is 2.37 bits per heavy atom. The second-order valence-corrected chi connectivity index (χ2v) is 11.6. The molecule has 2 amide bonds. The third-order valence-corrected chi connectivity index (χ3v) is 8.58. The smallest absolute Gasteiger partial charge is 0.264 e. The van der Waals surface area contributed by atoms with Crippen molar-refractivity contribution in [2.24, 2.45) is 0 Å². The maximum absolute atomic E-state index is 14.0. The van der Waals surface area contributed by atoms with Crippen molar-refractivity contribution in [2.45, 2.75) is 44.7 Å². The standard InChI is InChI=1S/C30H34FN3O6S/c1-4-15-32-30(36)22(3)33(19-23-8-6-5-7-21(23)2)29(35)20-34(25-11-9-24(31)10-12-25)41(37,38)26-13-14-27-28(18-26)40-17-16-39-27/h5-14,18,22H,4,15-17,19-20H2,1-3H3,(H,32,36)/t22-/m1/s1. The fraction of sp³-hybridized carbons (Fsp3) is 0.333. The van der Waals surface area contributed by atoms with Crippen molar-refractivity contribution >= 4 is 27.5 Å². The van der Waals surface area contributed by atoms with Crippen LogP contribution >= 0.6 is 0 Å². The minimum atomic E-state index is -4.34. The summed E-state index contributed by atoms with van der Waals surface area (Å²) in [5, 5.41) is 2.81. The van der Waals surface area contributed by atoms with Crippen LogP contribution in [0.2, 0.25) is 0 Å². The fourth-order valence-electron chi connectivity index (χ4n) is 4.40. The number of nitrogens with one attached hydrogen (secondary N) is 1. The molecule has 4 rings (SSSR count). The molecule has 218 valence electrons. The van der Waals surface area contributed by atoms with Gasteiger partial charge in [0, 0.05) is 19.2 Å². The lowest BCUT2D eigenvalue weighted by Gasteiger charge is -2.32. The molecule has 0 radical (unpaired) electrons. The number of amides is 2. The Balaban J connectivity index is 1.72. The monoisotopic (exact) mass is 583 g/mol. The van der Waals surface area contributed by atoms with E-state index in [0.29, 0.717) is 18.9 Å². The maximum atomic E-state index is 14.0. The molecule has 0 spiro atoms. The molecule has 0 saturated carbocycles. The molecule has 1 aliphatic rings. The van der Waals surface area contributed by atoms with E-state index in [1.807, 2.05) is 38.1 Å². The second kappa shape index (κ2) is 13.0. The molecule has 41 heavy (non-hydrogen) atoms. The molecule has 11 heteroatoms. The summed E-state index contributed by atoms with van der Waals surface area (Å²) in [6, 6.07) is 15.6. The summed E-state index contributed by atoms with van der Waals surface area (Å²) in [5.41, 5.74) is 1.83. The van der Waals surface area contributed by atoms with E-state index in [-0.39, 0.29) is 35.4 Å². The van der Waals surface area contributed by atoms with Crippen molar-refractivity contribution in [3.8, 4) is 11.5 Å². The van der Waals surface area contributed by atoms with Crippen LogP contribution in [-0.4, -0.2) is 57.5 Å². The van der Waals surface area contributed by atoms with Crippen LogP contribution in [0.15, 0.2) is 71.6 Å². The summed E-state index contributed by atoms with van der Waals surface area (Å²) < 4.78 is 53.8. The predicted octanol–water partition coefficient (Wildman–Crippen LogP) is 4.04. The number of carbonyl (C=O) groups excluding carboxylic acids is 2. The van der Waals surface area contributed by atoms with E-state index in [4.69, 9.17) is 9.47 Å². The van der Waals surface area contributed by atoms with Crippen LogP contribution in [0, 0.1) is 12.7 Å². The van der Waals surface area contributed by atoms with Gasteiger partial charge in [0.1, 0.15) is 31.6 Å². The molecule has 1 N–H and O–H groups in total. The van der Waals surface area contributed by atoms with Crippen molar-refractivity contribution in [1.29, 1.82) is 0 Å². The van der Waals surface area contributed by atoms with Gasteiger partial charge in [0.2, 0.25) is 11.8 Å². The average molecular weight is 584 g/mol. The molecular formula is C30H34FN3O6S. The molecule has 9 nitrogen and oxygen atoms in total. The first-order valence-corrected chi connectivity index (χ1v) is 14.9. The Morgan fingerprint density at radius 2 is 1.68 bits per heavy atom. The zero-order valence-corrected chi connectivity index (χ0v) is 24.1. The molecule has 1 aliphatic heterocycles. The number of fused-ring (bicyclic) bond motifs is 1. The number of nitrogens with zero attached hydrogens (tertiary/aromatic N) is 2. The van der Waals surface area contributed by atoms with Crippen molar-refractivity contribution in [3.05, 3.63) is 83.7 Å². The number of anilines is 1. The maximum Gasteiger partial charge on any atom is 0.264 e. The van der Waals surface area contributed by atoms with E-state index in [9.17, 15) is 22.4 Å². The largest absolute Gasteiger partial charge is 0.486 e. The number of benzene rings is 3. The summed E-state index contributed by atoms with van der Waals surface area (Å²) >= 11 is 0. The zero-order valence-electron chi connectivity index (χ0n) is 23.3. The van der Waals surface area contributed by atoms with Crippen LogP contribution in [0.1, 0.15) is 31.4 Å². The summed E-state index contributed by atoms with van der Waals surface area (Å²) in [6.45, 7) is 5.95. The van der Waals surface area contributed by atoms with Gasteiger partial charge in [0.05, 0.1) is 10.6 Å². The number of aryl methyl sites for hydroxylation is 1. The molecule has 3 aromatic carbocycles. The molecule has 3 aromatic rings. The minimum absolute atomic E-state index is 0.0908. The van der Waals surface area contributed by atoms with Gasteiger partial charge in [-0.3, -0.25) is 13.9 Å². The van der Waals surface area contributed by atoms with Gasteiger partial charge in [0.15, 0.2) is 11.5 Å². The number of sulfonamides is 1.